The van der Waals surface area contributed by atoms with Crippen LogP contribution < -0.4 is 5.73 Å². The molecule has 3 N–H and O–H groups in total. The summed E-state index contributed by atoms with van der Waals surface area (Å²) >= 11 is 0. The molecule has 0 radical (unpaired) electrons. The van der Waals surface area contributed by atoms with E-state index in [1.807, 2.05) is 0 Å². The summed E-state index contributed by atoms with van der Waals surface area (Å²) in [5.41, 5.74) is 11.0. The van der Waals surface area contributed by atoms with Gasteiger partial charge in [-0.3, -0.25) is 0 Å². The monoisotopic (exact) mass is 194 g/mol. The Bertz CT molecular complexity index is 328. The first-order chi connectivity index (χ1) is 6.74. The summed E-state index contributed by atoms with van der Waals surface area (Å²) in [5, 5.41) is 0. The molecule has 0 bridgehead atoms. The van der Waals surface area contributed by atoms with Gasteiger partial charge in [0.1, 0.15) is 0 Å². The minimum atomic E-state index is 0.544. The van der Waals surface area contributed by atoms with Gasteiger partial charge in [-0.05, 0) is 24.4 Å². The van der Waals surface area contributed by atoms with Crippen molar-refractivity contribution < 1.29 is 4.74 Å². The molecule has 1 aromatic heterocycles. The van der Waals surface area contributed by atoms with E-state index in [-0.39, 0.29) is 0 Å². The molecule has 14 heavy (non-hydrogen) atoms. The fraction of sp³-hybridized carbons (Fsp3) is 0.636. The lowest BCUT2D eigenvalue weighted by Crippen LogP contribution is -2.06. The normalized spacial score (nSPS) is 15.1. The standard InChI is InChI=1S/C11H18N2O/c1-7(2)11-8(3-4-12)9-5-14-6-10(9)13-11/h7,13H,3-6,12H2,1-2H3. The Morgan fingerprint density at radius 2 is 2.21 bits per heavy atom. The molecule has 3 heteroatoms. The van der Waals surface area contributed by atoms with Crippen molar-refractivity contribution in [1.29, 1.82) is 0 Å². The van der Waals surface area contributed by atoms with E-state index >= 15 is 0 Å². The van der Waals surface area contributed by atoms with Crippen molar-refractivity contribution in [3.8, 4) is 0 Å². The van der Waals surface area contributed by atoms with Crippen LogP contribution in [0, 0.1) is 0 Å². The van der Waals surface area contributed by atoms with Crippen LogP contribution in [0.5, 0.6) is 0 Å². The van der Waals surface area contributed by atoms with Crippen LogP contribution in [0.4, 0.5) is 0 Å². The number of nitrogens with two attached hydrogens (primary N) is 1. The molecule has 0 saturated heterocycles. The molecule has 0 fully saturated rings. The van der Waals surface area contributed by atoms with Gasteiger partial charge in [0.15, 0.2) is 0 Å². The van der Waals surface area contributed by atoms with E-state index in [9.17, 15) is 0 Å². The fourth-order valence-corrected chi connectivity index (χ4v) is 2.13. The third-order valence-electron chi connectivity index (χ3n) is 2.80. The molecule has 0 amide bonds. The molecule has 2 rings (SSSR count). The Balaban J connectivity index is 2.40. The van der Waals surface area contributed by atoms with E-state index in [0.717, 1.165) is 19.6 Å². The molecule has 0 unspecified atom stereocenters. The second-order valence-electron chi connectivity index (χ2n) is 4.16. The smallest absolute Gasteiger partial charge is 0.0874 e. The predicted molar refractivity (Wildman–Crippen MR) is 56.1 cm³/mol. The Morgan fingerprint density at radius 1 is 1.43 bits per heavy atom. The lowest BCUT2D eigenvalue weighted by atomic mass is 10.0. The van der Waals surface area contributed by atoms with Crippen molar-refractivity contribution in [3.05, 3.63) is 22.5 Å². The number of hydrogen-bond donors (Lipinski definition) is 2. The Kier molecular flexibility index (Phi) is 2.61. The van der Waals surface area contributed by atoms with Crippen LogP contribution in [-0.4, -0.2) is 11.5 Å². The van der Waals surface area contributed by atoms with E-state index in [0.29, 0.717) is 12.5 Å². The summed E-state index contributed by atoms with van der Waals surface area (Å²) in [4.78, 5) is 3.47. The van der Waals surface area contributed by atoms with Crippen molar-refractivity contribution in [2.75, 3.05) is 6.54 Å². The van der Waals surface area contributed by atoms with Gasteiger partial charge in [-0.2, -0.15) is 0 Å². The van der Waals surface area contributed by atoms with Crippen molar-refractivity contribution >= 4 is 0 Å². The minimum absolute atomic E-state index is 0.544. The van der Waals surface area contributed by atoms with Crippen LogP contribution in [-0.2, 0) is 24.4 Å². The molecule has 0 spiro atoms. The van der Waals surface area contributed by atoms with E-state index in [1.54, 1.807) is 0 Å². The van der Waals surface area contributed by atoms with Gasteiger partial charge in [-0.25, -0.2) is 0 Å². The summed E-state index contributed by atoms with van der Waals surface area (Å²) in [7, 11) is 0. The topological polar surface area (TPSA) is 51.0 Å². The molecular formula is C11H18N2O. The number of hydrogen-bond acceptors (Lipinski definition) is 2. The number of H-pyrrole nitrogens is 1. The van der Waals surface area contributed by atoms with Crippen LogP contribution in [0.1, 0.15) is 42.3 Å². The minimum Gasteiger partial charge on any atom is -0.370 e. The summed E-state index contributed by atoms with van der Waals surface area (Å²) in [6, 6.07) is 0. The maximum absolute atomic E-state index is 5.63. The highest BCUT2D eigenvalue weighted by Gasteiger charge is 2.22. The highest BCUT2D eigenvalue weighted by atomic mass is 16.5. The average Bonchev–Trinajstić information content (AvgIpc) is 2.67. The van der Waals surface area contributed by atoms with E-state index in [4.69, 9.17) is 10.5 Å². The van der Waals surface area contributed by atoms with Gasteiger partial charge in [0, 0.05) is 17.0 Å². The summed E-state index contributed by atoms with van der Waals surface area (Å²) in [6.07, 6.45) is 0.961. The number of ether oxygens (including phenoxy) is 1. The quantitative estimate of drug-likeness (QED) is 0.769. The predicted octanol–water partition coefficient (Wildman–Crippen LogP) is 1.67. The maximum Gasteiger partial charge on any atom is 0.0874 e. The highest BCUT2D eigenvalue weighted by molar-refractivity contribution is 5.39. The molecular weight excluding hydrogens is 176 g/mol. The molecule has 0 atom stereocenters. The summed E-state index contributed by atoms with van der Waals surface area (Å²) in [5.74, 6) is 0.544. The van der Waals surface area contributed by atoms with Gasteiger partial charge in [-0.1, -0.05) is 13.8 Å². The zero-order valence-corrected chi connectivity index (χ0v) is 8.89. The Labute approximate surface area is 84.6 Å². The van der Waals surface area contributed by atoms with Gasteiger partial charge in [0.05, 0.1) is 13.2 Å². The fourth-order valence-electron chi connectivity index (χ4n) is 2.13. The first kappa shape index (κ1) is 9.74. The lowest BCUT2D eigenvalue weighted by Gasteiger charge is -2.08. The molecule has 0 aliphatic carbocycles. The molecule has 0 saturated carbocycles. The van der Waals surface area contributed by atoms with Gasteiger partial charge in [-0.15, -0.1) is 0 Å². The number of rotatable bonds is 3. The van der Waals surface area contributed by atoms with Gasteiger partial charge in [0.2, 0.25) is 0 Å². The zero-order chi connectivity index (χ0) is 10.1. The van der Waals surface area contributed by atoms with Crippen LogP contribution in [0.15, 0.2) is 0 Å². The maximum atomic E-state index is 5.63. The van der Waals surface area contributed by atoms with Crippen LogP contribution in [0.3, 0.4) is 0 Å². The van der Waals surface area contributed by atoms with Crippen molar-refractivity contribution in [2.45, 2.75) is 39.4 Å². The lowest BCUT2D eigenvalue weighted by molar-refractivity contribution is 0.132. The molecule has 78 valence electrons. The van der Waals surface area contributed by atoms with Crippen molar-refractivity contribution in [2.24, 2.45) is 5.73 Å². The Hall–Kier alpha value is -0.800. The molecule has 1 aromatic rings. The first-order valence-electron chi connectivity index (χ1n) is 5.24. The second kappa shape index (κ2) is 3.75. The van der Waals surface area contributed by atoms with Crippen LogP contribution in [0.2, 0.25) is 0 Å². The molecule has 0 aromatic carbocycles. The van der Waals surface area contributed by atoms with Gasteiger partial charge >= 0.3 is 0 Å². The molecule has 1 aliphatic rings. The molecule has 3 nitrogen and oxygen atoms in total. The number of fused-ring (bicyclic) bond motifs is 1. The zero-order valence-electron chi connectivity index (χ0n) is 8.89. The van der Waals surface area contributed by atoms with E-state index in [2.05, 4.69) is 18.8 Å². The van der Waals surface area contributed by atoms with Crippen LogP contribution in [0.25, 0.3) is 0 Å². The van der Waals surface area contributed by atoms with Gasteiger partial charge < -0.3 is 15.5 Å². The third kappa shape index (κ3) is 1.47. The third-order valence-corrected chi connectivity index (χ3v) is 2.80. The highest BCUT2D eigenvalue weighted by Crippen LogP contribution is 2.30. The first-order valence-corrected chi connectivity index (χ1v) is 5.24. The van der Waals surface area contributed by atoms with Crippen molar-refractivity contribution in [1.82, 2.24) is 4.98 Å². The Morgan fingerprint density at radius 3 is 2.86 bits per heavy atom. The largest absolute Gasteiger partial charge is 0.370 e. The second-order valence-corrected chi connectivity index (χ2v) is 4.16. The van der Waals surface area contributed by atoms with E-state index < -0.39 is 0 Å². The average molecular weight is 194 g/mol. The number of aromatic amines is 1. The number of nitrogens with one attached hydrogen (secondary N) is 1. The molecule has 2 heterocycles. The van der Waals surface area contributed by atoms with Gasteiger partial charge in [0.25, 0.3) is 0 Å². The van der Waals surface area contributed by atoms with Crippen molar-refractivity contribution in [3.63, 3.8) is 0 Å². The SMILES string of the molecule is CC(C)c1[nH]c2c(c1CCN)COC2. The number of aromatic nitrogens is 1. The summed E-state index contributed by atoms with van der Waals surface area (Å²) in [6.45, 7) is 6.63. The molecule has 1 aliphatic heterocycles. The summed E-state index contributed by atoms with van der Waals surface area (Å²) < 4.78 is 5.40. The van der Waals surface area contributed by atoms with Crippen LogP contribution >= 0.6 is 0 Å². The van der Waals surface area contributed by atoms with E-state index in [1.165, 1.54) is 22.5 Å².